The topological polar surface area (TPSA) is 107 Å². The van der Waals surface area contributed by atoms with Crippen molar-refractivity contribution in [2.75, 3.05) is 0 Å². The molecule has 6 nitrogen and oxygen atoms in total. The maximum absolute atomic E-state index is 12.6. The largest absolute Gasteiger partial charge is 0.507 e. The molecular weight excluding hydrogens is 312 g/mol. The maximum atomic E-state index is 12.6. The first-order valence-corrected chi connectivity index (χ1v) is 7.54. The van der Waals surface area contributed by atoms with E-state index in [0.29, 0.717) is 5.56 Å². The Hall–Kier alpha value is -2.57. The molecule has 0 amide bonds. The molecule has 0 spiro atoms. The molecule has 2 aromatic carbocycles. The molecule has 0 saturated heterocycles. The van der Waals surface area contributed by atoms with Crippen LogP contribution in [0.5, 0.6) is 17.2 Å². The van der Waals surface area contributed by atoms with Crippen LogP contribution in [0.3, 0.4) is 0 Å². The van der Waals surface area contributed by atoms with Crippen LogP contribution in [-0.2, 0) is 0 Å². The zero-order valence-electron chi connectivity index (χ0n) is 13.2. The van der Waals surface area contributed by atoms with Gasteiger partial charge in [0.2, 0.25) is 5.78 Å². The molecule has 1 heterocycles. The summed E-state index contributed by atoms with van der Waals surface area (Å²) in [5.74, 6) is -1.61. The Kier molecular flexibility index (Phi) is 3.95. The number of hydrogen-bond acceptors (Lipinski definition) is 6. The first-order chi connectivity index (χ1) is 11.3. The Labute approximate surface area is 138 Å². The van der Waals surface area contributed by atoms with Crippen LogP contribution in [0.15, 0.2) is 30.3 Å². The minimum Gasteiger partial charge on any atom is -0.507 e. The number of hydrogen-bond donors (Lipinski definition) is 4. The molecule has 4 N–H and O–H groups in total. The van der Waals surface area contributed by atoms with E-state index < -0.39 is 29.8 Å². The average molecular weight is 330 g/mol. The van der Waals surface area contributed by atoms with Crippen molar-refractivity contribution in [1.82, 2.24) is 0 Å². The highest BCUT2D eigenvalue weighted by atomic mass is 16.5. The SMILES string of the molecule is Cc1c(O)c(C(C)O)c(O)c2c1OC(c1ccccc1)C(O)C2=O. The molecular formula is C18H18O6. The van der Waals surface area contributed by atoms with Crippen LogP contribution in [0.2, 0.25) is 0 Å². The zero-order valence-corrected chi connectivity index (χ0v) is 13.2. The van der Waals surface area contributed by atoms with E-state index in [1.807, 2.05) is 0 Å². The van der Waals surface area contributed by atoms with Gasteiger partial charge in [-0.1, -0.05) is 30.3 Å². The fourth-order valence-corrected chi connectivity index (χ4v) is 2.99. The lowest BCUT2D eigenvalue weighted by atomic mass is 9.88. The van der Waals surface area contributed by atoms with Gasteiger partial charge in [0.15, 0.2) is 12.2 Å². The van der Waals surface area contributed by atoms with Crippen molar-refractivity contribution in [2.45, 2.75) is 32.2 Å². The standard InChI is InChI=1S/C18H18O6/c1-8-13(20)11(9(2)19)14(21)12-15(22)16(23)18(24-17(8)12)10-6-4-3-5-7-10/h3-7,9,16,18-21,23H,1-2H3. The monoisotopic (exact) mass is 330 g/mol. The Bertz CT molecular complexity index is 797. The first kappa shape index (κ1) is 16.3. The minimum absolute atomic E-state index is 0.0125. The van der Waals surface area contributed by atoms with Crippen LogP contribution in [0.1, 0.15) is 46.2 Å². The summed E-state index contributed by atoms with van der Waals surface area (Å²) in [6.45, 7) is 2.88. The first-order valence-electron chi connectivity index (χ1n) is 7.54. The summed E-state index contributed by atoms with van der Waals surface area (Å²) in [7, 11) is 0. The molecule has 0 saturated carbocycles. The predicted octanol–water partition coefficient (Wildman–Crippen LogP) is 2.14. The Morgan fingerprint density at radius 2 is 1.75 bits per heavy atom. The number of ketones is 1. The summed E-state index contributed by atoms with van der Waals surface area (Å²) in [4.78, 5) is 12.6. The minimum atomic E-state index is -1.50. The lowest BCUT2D eigenvalue weighted by molar-refractivity contribution is 0.0205. The van der Waals surface area contributed by atoms with E-state index in [2.05, 4.69) is 0 Å². The number of Topliss-reactive ketones (excluding diaryl/α,β-unsaturated/α-hetero) is 1. The van der Waals surface area contributed by atoms with Crippen LogP contribution >= 0.6 is 0 Å². The summed E-state index contributed by atoms with van der Waals surface area (Å²) in [6.07, 6.45) is -3.64. The molecule has 2 aromatic rings. The molecule has 0 aromatic heterocycles. The highest BCUT2D eigenvalue weighted by Crippen LogP contribution is 2.49. The van der Waals surface area contributed by atoms with Crippen molar-refractivity contribution in [1.29, 1.82) is 0 Å². The summed E-state index contributed by atoms with van der Waals surface area (Å²) < 4.78 is 5.76. The zero-order chi connectivity index (χ0) is 17.6. The van der Waals surface area contributed by atoms with Gasteiger partial charge in [0, 0.05) is 5.56 Å². The molecule has 1 aliphatic rings. The molecule has 6 heteroatoms. The molecule has 0 bridgehead atoms. The Balaban J connectivity index is 2.20. The number of carbonyl (C=O) groups excluding carboxylic acids is 1. The quantitative estimate of drug-likeness (QED) is 0.672. The third kappa shape index (κ3) is 2.31. The molecule has 3 unspecified atom stereocenters. The molecule has 0 aliphatic carbocycles. The van der Waals surface area contributed by atoms with Gasteiger partial charge in [0.25, 0.3) is 0 Å². The van der Waals surface area contributed by atoms with Gasteiger partial charge in [0.1, 0.15) is 22.8 Å². The fourth-order valence-electron chi connectivity index (χ4n) is 2.99. The highest BCUT2D eigenvalue weighted by molar-refractivity contribution is 6.06. The predicted molar refractivity (Wildman–Crippen MR) is 85.3 cm³/mol. The molecule has 0 fully saturated rings. The summed E-state index contributed by atoms with van der Waals surface area (Å²) >= 11 is 0. The normalized spacial score (nSPS) is 21.1. The maximum Gasteiger partial charge on any atom is 0.202 e. The number of ether oxygens (including phenoxy) is 1. The van der Waals surface area contributed by atoms with E-state index in [0.717, 1.165) is 0 Å². The van der Waals surface area contributed by atoms with E-state index >= 15 is 0 Å². The lowest BCUT2D eigenvalue weighted by Crippen LogP contribution is -2.36. The number of aliphatic hydroxyl groups is 2. The number of aromatic hydroxyl groups is 2. The number of carbonyl (C=O) groups is 1. The molecule has 24 heavy (non-hydrogen) atoms. The van der Waals surface area contributed by atoms with Gasteiger partial charge in [0.05, 0.1) is 11.7 Å². The van der Waals surface area contributed by atoms with Crippen LogP contribution in [-0.4, -0.2) is 32.3 Å². The summed E-state index contributed by atoms with van der Waals surface area (Å²) in [6, 6.07) is 8.73. The Morgan fingerprint density at radius 3 is 2.33 bits per heavy atom. The van der Waals surface area contributed by atoms with E-state index in [1.54, 1.807) is 30.3 Å². The van der Waals surface area contributed by atoms with E-state index in [1.165, 1.54) is 13.8 Å². The van der Waals surface area contributed by atoms with Crippen LogP contribution in [0.25, 0.3) is 0 Å². The third-order valence-corrected chi connectivity index (χ3v) is 4.26. The number of phenols is 2. The van der Waals surface area contributed by atoms with Crippen molar-refractivity contribution in [3.8, 4) is 17.2 Å². The van der Waals surface area contributed by atoms with Gasteiger partial charge < -0.3 is 25.2 Å². The molecule has 126 valence electrons. The highest BCUT2D eigenvalue weighted by Gasteiger charge is 2.41. The van der Waals surface area contributed by atoms with Crippen LogP contribution < -0.4 is 4.74 Å². The number of fused-ring (bicyclic) bond motifs is 1. The van der Waals surface area contributed by atoms with Gasteiger partial charge in [-0.05, 0) is 19.4 Å². The second-order valence-corrected chi connectivity index (χ2v) is 5.87. The van der Waals surface area contributed by atoms with Gasteiger partial charge in [-0.3, -0.25) is 4.79 Å². The van der Waals surface area contributed by atoms with Crippen molar-refractivity contribution in [3.63, 3.8) is 0 Å². The second kappa shape index (κ2) is 5.81. The number of aliphatic hydroxyl groups excluding tert-OH is 2. The van der Waals surface area contributed by atoms with Crippen molar-refractivity contribution >= 4 is 5.78 Å². The second-order valence-electron chi connectivity index (χ2n) is 5.87. The smallest absolute Gasteiger partial charge is 0.202 e. The third-order valence-electron chi connectivity index (χ3n) is 4.26. The molecule has 0 radical (unpaired) electrons. The number of rotatable bonds is 2. The average Bonchev–Trinajstić information content (AvgIpc) is 2.55. The van der Waals surface area contributed by atoms with Crippen LogP contribution in [0, 0.1) is 6.92 Å². The molecule has 1 aliphatic heterocycles. The fraction of sp³-hybridized carbons (Fsp3) is 0.278. The number of benzene rings is 2. The Morgan fingerprint density at radius 1 is 1.12 bits per heavy atom. The number of phenolic OH excluding ortho intramolecular Hbond substituents is 2. The van der Waals surface area contributed by atoms with Gasteiger partial charge in [-0.25, -0.2) is 0 Å². The van der Waals surface area contributed by atoms with Crippen molar-refractivity contribution in [3.05, 3.63) is 52.6 Å². The van der Waals surface area contributed by atoms with E-state index in [4.69, 9.17) is 4.74 Å². The van der Waals surface area contributed by atoms with Crippen LogP contribution in [0.4, 0.5) is 0 Å². The van der Waals surface area contributed by atoms with Crippen molar-refractivity contribution in [2.24, 2.45) is 0 Å². The van der Waals surface area contributed by atoms with Gasteiger partial charge in [-0.15, -0.1) is 0 Å². The molecule has 3 atom stereocenters. The van der Waals surface area contributed by atoms with Gasteiger partial charge >= 0.3 is 0 Å². The summed E-state index contributed by atoms with van der Waals surface area (Å²) in [5.41, 5.74) is 0.441. The lowest BCUT2D eigenvalue weighted by Gasteiger charge is -2.32. The van der Waals surface area contributed by atoms with Crippen molar-refractivity contribution < 1.29 is 30.0 Å². The summed E-state index contributed by atoms with van der Waals surface area (Å²) in [5, 5.41) is 40.7. The van der Waals surface area contributed by atoms with E-state index in [9.17, 15) is 25.2 Å². The van der Waals surface area contributed by atoms with E-state index in [-0.39, 0.29) is 28.2 Å². The van der Waals surface area contributed by atoms with Gasteiger partial charge in [-0.2, -0.15) is 0 Å². The molecule has 3 rings (SSSR count).